The van der Waals surface area contributed by atoms with Gasteiger partial charge in [-0.1, -0.05) is 24.3 Å². The topological polar surface area (TPSA) is 9.23 Å². The third kappa shape index (κ3) is 1.32. The van der Waals surface area contributed by atoms with E-state index in [0.717, 1.165) is 11.3 Å². The summed E-state index contributed by atoms with van der Waals surface area (Å²) in [5.74, 6) is 1.43. The van der Waals surface area contributed by atoms with Crippen LogP contribution in [0.5, 0.6) is 5.75 Å². The van der Waals surface area contributed by atoms with Crippen LogP contribution in [-0.2, 0) is 0 Å². The van der Waals surface area contributed by atoms with Crippen LogP contribution >= 0.6 is 11.6 Å². The highest BCUT2D eigenvalue weighted by Gasteiger charge is 2.11. The first-order valence-corrected chi connectivity index (χ1v) is 4.43. The van der Waals surface area contributed by atoms with E-state index in [1.807, 2.05) is 36.4 Å². The highest BCUT2D eigenvalue weighted by Crippen LogP contribution is 2.25. The number of benzene rings is 1. The van der Waals surface area contributed by atoms with Crippen LogP contribution in [0, 0.1) is 0 Å². The molecule has 0 spiro atoms. The van der Waals surface area contributed by atoms with Crippen LogP contribution in [0.1, 0.15) is 5.56 Å². The van der Waals surface area contributed by atoms with Gasteiger partial charge in [-0.3, -0.25) is 0 Å². The normalized spacial score (nSPS) is 19.9. The van der Waals surface area contributed by atoms with E-state index >= 15 is 0 Å². The van der Waals surface area contributed by atoms with E-state index in [2.05, 4.69) is 0 Å². The molecule has 1 unspecified atom stereocenters. The zero-order valence-electron chi connectivity index (χ0n) is 6.53. The number of halogens is 1. The molecule has 0 radical (unpaired) electrons. The number of para-hydroxylation sites is 1. The maximum absolute atomic E-state index is 5.67. The maximum atomic E-state index is 5.67. The van der Waals surface area contributed by atoms with Crippen molar-refractivity contribution in [3.8, 4) is 5.75 Å². The van der Waals surface area contributed by atoms with E-state index in [1.165, 1.54) is 0 Å². The summed E-state index contributed by atoms with van der Waals surface area (Å²) in [6.45, 7) is 0. The van der Waals surface area contributed by atoms with E-state index in [1.54, 1.807) is 0 Å². The standard InChI is InChI=1S/C10H9ClO/c11-7-9-6-5-8-3-1-2-4-10(8)12-9/h1-6,9H,7H2. The van der Waals surface area contributed by atoms with E-state index in [0.29, 0.717) is 5.88 Å². The Morgan fingerprint density at radius 3 is 3.00 bits per heavy atom. The van der Waals surface area contributed by atoms with Gasteiger partial charge < -0.3 is 4.74 Å². The van der Waals surface area contributed by atoms with E-state index in [4.69, 9.17) is 16.3 Å². The number of rotatable bonds is 1. The minimum atomic E-state index is 0.0292. The predicted octanol–water partition coefficient (Wildman–Crippen LogP) is 2.70. The molecule has 62 valence electrons. The molecule has 1 aromatic carbocycles. The van der Waals surface area contributed by atoms with Crippen molar-refractivity contribution < 1.29 is 4.74 Å². The molecule has 0 fully saturated rings. The summed E-state index contributed by atoms with van der Waals surface area (Å²) < 4.78 is 5.56. The first kappa shape index (κ1) is 7.69. The lowest BCUT2D eigenvalue weighted by Crippen LogP contribution is -2.18. The Morgan fingerprint density at radius 2 is 2.17 bits per heavy atom. The zero-order chi connectivity index (χ0) is 8.39. The molecule has 12 heavy (non-hydrogen) atoms. The van der Waals surface area contributed by atoms with Gasteiger partial charge in [-0.15, -0.1) is 11.6 Å². The molecule has 1 aliphatic rings. The quantitative estimate of drug-likeness (QED) is 0.604. The highest BCUT2D eigenvalue weighted by molar-refractivity contribution is 6.18. The molecule has 0 saturated heterocycles. The molecule has 2 heteroatoms. The van der Waals surface area contributed by atoms with Crippen molar-refractivity contribution in [1.82, 2.24) is 0 Å². The number of fused-ring (bicyclic) bond motifs is 1. The third-order valence-corrected chi connectivity index (χ3v) is 2.14. The Morgan fingerprint density at radius 1 is 1.33 bits per heavy atom. The smallest absolute Gasteiger partial charge is 0.131 e. The molecule has 0 aliphatic carbocycles. The molecule has 2 rings (SSSR count). The van der Waals surface area contributed by atoms with Gasteiger partial charge >= 0.3 is 0 Å². The molecule has 1 atom stereocenters. The van der Waals surface area contributed by atoms with Gasteiger partial charge in [0.1, 0.15) is 11.9 Å². The lowest BCUT2D eigenvalue weighted by atomic mass is 10.1. The number of hydrogen-bond donors (Lipinski definition) is 0. The molecule has 1 heterocycles. The van der Waals surface area contributed by atoms with E-state index < -0.39 is 0 Å². The summed E-state index contributed by atoms with van der Waals surface area (Å²) in [7, 11) is 0. The van der Waals surface area contributed by atoms with Crippen molar-refractivity contribution in [2.45, 2.75) is 6.10 Å². The first-order valence-electron chi connectivity index (χ1n) is 3.90. The summed E-state index contributed by atoms with van der Waals surface area (Å²) in [6.07, 6.45) is 4.06. The van der Waals surface area contributed by atoms with Gasteiger partial charge in [-0.05, 0) is 12.1 Å². The Hall–Kier alpha value is -0.950. The average molecular weight is 181 g/mol. The van der Waals surface area contributed by atoms with Crippen LogP contribution in [0.25, 0.3) is 6.08 Å². The molecular weight excluding hydrogens is 172 g/mol. The highest BCUT2D eigenvalue weighted by atomic mass is 35.5. The molecule has 1 aromatic rings. The van der Waals surface area contributed by atoms with Crippen LogP contribution < -0.4 is 4.74 Å². The summed E-state index contributed by atoms with van der Waals surface area (Å²) in [5, 5.41) is 0. The van der Waals surface area contributed by atoms with Crippen LogP contribution in [-0.4, -0.2) is 12.0 Å². The van der Waals surface area contributed by atoms with Crippen molar-refractivity contribution in [1.29, 1.82) is 0 Å². The zero-order valence-corrected chi connectivity index (χ0v) is 7.29. The largest absolute Gasteiger partial charge is 0.484 e. The van der Waals surface area contributed by atoms with Gasteiger partial charge in [0.25, 0.3) is 0 Å². The summed E-state index contributed by atoms with van der Waals surface area (Å²) in [4.78, 5) is 0. The van der Waals surface area contributed by atoms with Crippen molar-refractivity contribution in [3.05, 3.63) is 35.9 Å². The maximum Gasteiger partial charge on any atom is 0.131 e. The second kappa shape index (κ2) is 3.20. The molecule has 1 aliphatic heterocycles. The number of hydrogen-bond acceptors (Lipinski definition) is 1. The van der Waals surface area contributed by atoms with Gasteiger partial charge in [-0.2, -0.15) is 0 Å². The van der Waals surface area contributed by atoms with Crippen molar-refractivity contribution in [2.24, 2.45) is 0 Å². The van der Waals surface area contributed by atoms with Gasteiger partial charge in [0.15, 0.2) is 0 Å². The van der Waals surface area contributed by atoms with Crippen LogP contribution in [0.2, 0.25) is 0 Å². The van der Waals surface area contributed by atoms with E-state index in [-0.39, 0.29) is 6.10 Å². The molecule has 0 saturated carbocycles. The van der Waals surface area contributed by atoms with Crippen molar-refractivity contribution >= 4 is 17.7 Å². The Balaban J connectivity index is 2.33. The van der Waals surface area contributed by atoms with Crippen LogP contribution in [0.3, 0.4) is 0 Å². The molecule has 0 amide bonds. The van der Waals surface area contributed by atoms with Crippen LogP contribution in [0.4, 0.5) is 0 Å². The first-order chi connectivity index (χ1) is 5.90. The second-order valence-electron chi connectivity index (χ2n) is 2.71. The minimum Gasteiger partial charge on any atom is -0.484 e. The lowest BCUT2D eigenvalue weighted by Gasteiger charge is -2.18. The molecular formula is C10H9ClO. The summed E-state index contributed by atoms with van der Waals surface area (Å²) in [5.41, 5.74) is 1.12. The Kier molecular flexibility index (Phi) is 2.05. The molecule has 0 bridgehead atoms. The minimum absolute atomic E-state index is 0.0292. The van der Waals surface area contributed by atoms with Gasteiger partial charge in [-0.25, -0.2) is 0 Å². The molecule has 0 aromatic heterocycles. The lowest BCUT2D eigenvalue weighted by molar-refractivity contribution is 0.269. The fourth-order valence-corrected chi connectivity index (χ4v) is 1.39. The Labute approximate surface area is 76.6 Å². The molecule has 0 N–H and O–H groups in total. The van der Waals surface area contributed by atoms with E-state index in [9.17, 15) is 0 Å². The SMILES string of the molecule is ClCC1C=Cc2ccccc2O1. The van der Waals surface area contributed by atoms with Gasteiger partial charge in [0.05, 0.1) is 5.88 Å². The third-order valence-electron chi connectivity index (χ3n) is 1.84. The van der Waals surface area contributed by atoms with Crippen LogP contribution in [0.15, 0.2) is 30.3 Å². The second-order valence-corrected chi connectivity index (χ2v) is 3.02. The predicted molar refractivity (Wildman–Crippen MR) is 50.6 cm³/mol. The van der Waals surface area contributed by atoms with Crippen molar-refractivity contribution in [3.63, 3.8) is 0 Å². The van der Waals surface area contributed by atoms with Gasteiger partial charge in [0, 0.05) is 5.56 Å². The fraction of sp³-hybridized carbons (Fsp3) is 0.200. The number of alkyl halides is 1. The monoisotopic (exact) mass is 180 g/mol. The fourth-order valence-electron chi connectivity index (χ4n) is 1.22. The summed E-state index contributed by atoms with van der Waals surface area (Å²) in [6, 6.07) is 7.94. The van der Waals surface area contributed by atoms with Gasteiger partial charge in [0.2, 0.25) is 0 Å². The average Bonchev–Trinajstić information content (AvgIpc) is 2.17. The summed E-state index contributed by atoms with van der Waals surface area (Å²) >= 11 is 5.67. The number of ether oxygens (including phenoxy) is 1. The van der Waals surface area contributed by atoms with Crippen molar-refractivity contribution in [2.75, 3.05) is 5.88 Å². The Bertz CT molecular complexity index is 306. The molecule has 1 nitrogen and oxygen atoms in total.